The van der Waals surface area contributed by atoms with Gasteiger partial charge in [0.2, 0.25) is 0 Å². The SMILES string of the molecule is NC1CCN(C(=O)C(F)(F)F)CC1.O=C(N1CCC(NCc2ccc3c(c2)OCCO3)CC1)C(F)(F)F. The zero-order valence-electron chi connectivity index (χ0n) is 20.0. The highest BCUT2D eigenvalue weighted by Crippen LogP contribution is 2.31. The van der Waals surface area contributed by atoms with Crippen LogP contribution in [-0.4, -0.2) is 85.4 Å². The molecule has 14 heteroatoms. The third kappa shape index (κ3) is 8.38. The number of likely N-dealkylation sites (tertiary alicyclic amines) is 2. The molecule has 1 aromatic carbocycles. The number of nitrogens with one attached hydrogen (secondary N) is 1. The van der Waals surface area contributed by atoms with Gasteiger partial charge >= 0.3 is 24.2 Å². The summed E-state index contributed by atoms with van der Waals surface area (Å²) in [5.41, 5.74) is 6.51. The Labute approximate surface area is 210 Å². The lowest BCUT2D eigenvalue weighted by Gasteiger charge is -2.33. The van der Waals surface area contributed by atoms with Crippen LogP contribution in [0.25, 0.3) is 0 Å². The summed E-state index contributed by atoms with van der Waals surface area (Å²) < 4.78 is 83.9. The molecular formula is C23H30F6N4O4. The number of carbonyl (C=O) groups is 2. The molecule has 0 saturated carbocycles. The molecule has 208 valence electrons. The molecule has 2 fully saturated rings. The Morgan fingerprint density at radius 1 is 0.838 bits per heavy atom. The smallest absolute Gasteiger partial charge is 0.471 e. The Morgan fingerprint density at radius 3 is 1.84 bits per heavy atom. The molecule has 0 spiro atoms. The Morgan fingerprint density at radius 2 is 1.32 bits per heavy atom. The van der Waals surface area contributed by atoms with Crippen LogP contribution in [0.4, 0.5) is 26.3 Å². The fourth-order valence-corrected chi connectivity index (χ4v) is 4.21. The zero-order chi connectivity index (χ0) is 27.2. The number of nitrogens with zero attached hydrogens (tertiary/aromatic N) is 2. The number of alkyl halides is 6. The predicted molar refractivity (Wildman–Crippen MR) is 120 cm³/mol. The fraction of sp³-hybridized carbons (Fsp3) is 0.652. The quantitative estimate of drug-likeness (QED) is 0.573. The molecule has 3 N–H and O–H groups in total. The van der Waals surface area contributed by atoms with Gasteiger partial charge < -0.3 is 30.3 Å². The maximum atomic E-state index is 12.4. The normalized spacial score (nSPS) is 19.2. The molecule has 2 saturated heterocycles. The van der Waals surface area contributed by atoms with E-state index >= 15 is 0 Å². The van der Waals surface area contributed by atoms with Gasteiger partial charge in [0.1, 0.15) is 13.2 Å². The third-order valence-electron chi connectivity index (χ3n) is 6.30. The number of carbonyl (C=O) groups excluding carboxylic acids is 2. The van der Waals surface area contributed by atoms with Gasteiger partial charge in [0.25, 0.3) is 0 Å². The van der Waals surface area contributed by atoms with Crippen molar-refractivity contribution in [1.82, 2.24) is 15.1 Å². The van der Waals surface area contributed by atoms with Crippen LogP contribution in [0.3, 0.4) is 0 Å². The molecule has 0 bridgehead atoms. The number of ether oxygens (including phenoxy) is 2. The van der Waals surface area contributed by atoms with Gasteiger partial charge in [0.15, 0.2) is 11.5 Å². The molecule has 8 nitrogen and oxygen atoms in total. The van der Waals surface area contributed by atoms with Crippen molar-refractivity contribution in [3.63, 3.8) is 0 Å². The third-order valence-corrected chi connectivity index (χ3v) is 6.30. The lowest BCUT2D eigenvalue weighted by Crippen LogP contribution is -2.48. The van der Waals surface area contributed by atoms with E-state index < -0.39 is 24.2 Å². The number of rotatable bonds is 3. The van der Waals surface area contributed by atoms with Gasteiger partial charge in [0.05, 0.1) is 0 Å². The monoisotopic (exact) mass is 540 g/mol. The molecule has 2 amide bonds. The van der Waals surface area contributed by atoms with Gasteiger partial charge in [0, 0.05) is 44.8 Å². The molecule has 0 aliphatic carbocycles. The van der Waals surface area contributed by atoms with E-state index in [1.54, 1.807) is 0 Å². The number of nitrogens with two attached hydrogens (primary N) is 1. The van der Waals surface area contributed by atoms with Gasteiger partial charge in [-0.1, -0.05) is 6.07 Å². The van der Waals surface area contributed by atoms with E-state index in [1.807, 2.05) is 18.2 Å². The first-order chi connectivity index (χ1) is 17.3. The number of amides is 2. The van der Waals surface area contributed by atoms with Crippen LogP contribution in [0.1, 0.15) is 31.2 Å². The maximum absolute atomic E-state index is 12.4. The summed E-state index contributed by atoms with van der Waals surface area (Å²) in [5, 5.41) is 3.33. The first-order valence-corrected chi connectivity index (χ1v) is 11.9. The van der Waals surface area contributed by atoms with Crippen molar-refractivity contribution in [2.45, 2.75) is 56.7 Å². The molecule has 3 aliphatic heterocycles. The Hall–Kier alpha value is -2.74. The van der Waals surface area contributed by atoms with Crippen LogP contribution in [0.2, 0.25) is 0 Å². The van der Waals surface area contributed by atoms with Gasteiger partial charge in [-0.2, -0.15) is 26.3 Å². The van der Waals surface area contributed by atoms with Crippen LogP contribution in [-0.2, 0) is 16.1 Å². The van der Waals surface area contributed by atoms with Crippen molar-refractivity contribution in [3.05, 3.63) is 23.8 Å². The molecular weight excluding hydrogens is 510 g/mol. The molecule has 1 aromatic rings. The van der Waals surface area contributed by atoms with E-state index in [2.05, 4.69) is 5.32 Å². The summed E-state index contributed by atoms with van der Waals surface area (Å²) in [5.74, 6) is -2.05. The van der Waals surface area contributed by atoms with E-state index in [1.165, 1.54) is 0 Å². The van der Waals surface area contributed by atoms with Gasteiger partial charge in [-0.25, -0.2) is 0 Å². The second kappa shape index (κ2) is 12.2. The minimum absolute atomic E-state index is 0.0720. The van der Waals surface area contributed by atoms with E-state index in [-0.39, 0.29) is 38.3 Å². The molecule has 0 aromatic heterocycles. The standard InChI is InChI=1S/C16H19F3N2O3.C7H11F3N2O/c17-16(18,19)15(22)21-5-3-12(4-6-21)20-10-11-1-2-13-14(9-11)24-8-7-23-13;8-7(9,10)6(13)12-3-1-5(11)2-4-12/h1-2,9,12,20H,3-8,10H2;5H,1-4,11H2. The molecule has 0 radical (unpaired) electrons. The molecule has 37 heavy (non-hydrogen) atoms. The van der Waals surface area contributed by atoms with Crippen molar-refractivity contribution in [3.8, 4) is 11.5 Å². The molecule has 3 aliphatic rings. The second-order valence-corrected chi connectivity index (χ2v) is 9.05. The minimum Gasteiger partial charge on any atom is -0.486 e. The first-order valence-electron chi connectivity index (χ1n) is 11.9. The summed E-state index contributed by atoms with van der Waals surface area (Å²) in [6, 6.07) is 5.72. The average Bonchev–Trinajstić information content (AvgIpc) is 2.86. The summed E-state index contributed by atoms with van der Waals surface area (Å²) in [4.78, 5) is 23.6. The lowest BCUT2D eigenvalue weighted by molar-refractivity contribution is -0.186. The number of hydrogen-bond acceptors (Lipinski definition) is 6. The number of halogens is 6. The topological polar surface area (TPSA) is 97.1 Å². The van der Waals surface area contributed by atoms with Crippen LogP contribution < -0.4 is 20.5 Å². The lowest BCUT2D eigenvalue weighted by atomic mass is 10.0. The Bertz CT molecular complexity index is 927. The summed E-state index contributed by atoms with van der Waals surface area (Å²) in [6.45, 7) is 2.12. The number of piperidine rings is 2. The van der Waals surface area contributed by atoms with Gasteiger partial charge in [-0.3, -0.25) is 9.59 Å². The highest BCUT2D eigenvalue weighted by Gasteiger charge is 2.44. The predicted octanol–water partition coefficient (Wildman–Crippen LogP) is 2.60. The van der Waals surface area contributed by atoms with Crippen molar-refractivity contribution < 1.29 is 45.4 Å². The minimum atomic E-state index is -4.79. The Balaban J connectivity index is 0.000000248. The van der Waals surface area contributed by atoms with Crippen LogP contribution in [0.5, 0.6) is 11.5 Å². The average molecular weight is 541 g/mol. The van der Waals surface area contributed by atoms with Crippen molar-refractivity contribution in [2.75, 3.05) is 39.4 Å². The van der Waals surface area contributed by atoms with Crippen molar-refractivity contribution in [2.24, 2.45) is 5.73 Å². The summed E-state index contributed by atoms with van der Waals surface area (Å²) in [6.07, 6.45) is -7.63. The van der Waals surface area contributed by atoms with Crippen LogP contribution in [0, 0.1) is 0 Å². The van der Waals surface area contributed by atoms with E-state index in [9.17, 15) is 35.9 Å². The molecule has 0 unspecified atom stereocenters. The zero-order valence-corrected chi connectivity index (χ0v) is 20.0. The van der Waals surface area contributed by atoms with E-state index in [4.69, 9.17) is 15.2 Å². The first kappa shape index (κ1) is 28.8. The maximum Gasteiger partial charge on any atom is 0.471 e. The van der Waals surface area contributed by atoms with E-state index in [0.717, 1.165) is 21.1 Å². The molecule has 3 heterocycles. The van der Waals surface area contributed by atoms with Gasteiger partial charge in [-0.15, -0.1) is 0 Å². The summed E-state index contributed by atoms with van der Waals surface area (Å²) in [7, 11) is 0. The number of benzene rings is 1. The second-order valence-electron chi connectivity index (χ2n) is 9.05. The van der Waals surface area contributed by atoms with Crippen molar-refractivity contribution >= 4 is 11.8 Å². The molecule has 0 atom stereocenters. The van der Waals surface area contributed by atoms with Crippen LogP contribution in [0.15, 0.2) is 18.2 Å². The highest BCUT2D eigenvalue weighted by molar-refractivity contribution is 5.82. The largest absolute Gasteiger partial charge is 0.486 e. The Kier molecular flexibility index (Phi) is 9.51. The van der Waals surface area contributed by atoms with Crippen LogP contribution >= 0.6 is 0 Å². The number of hydrogen-bond donors (Lipinski definition) is 2. The van der Waals surface area contributed by atoms with Crippen molar-refractivity contribution in [1.29, 1.82) is 0 Å². The highest BCUT2D eigenvalue weighted by atomic mass is 19.4. The fourth-order valence-electron chi connectivity index (χ4n) is 4.21. The van der Waals surface area contributed by atoms with Gasteiger partial charge in [-0.05, 0) is 43.4 Å². The van der Waals surface area contributed by atoms with E-state index in [0.29, 0.717) is 51.2 Å². The summed E-state index contributed by atoms with van der Waals surface area (Å²) >= 11 is 0. The molecule has 4 rings (SSSR count). The number of fused-ring (bicyclic) bond motifs is 1.